The van der Waals surface area contributed by atoms with Crippen molar-refractivity contribution in [2.24, 2.45) is 0 Å². The number of nitrogens with one attached hydrogen (secondary N) is 1. The third kappa shape index (κ3) is 5.36. The van der Waals surface area contributed by atoms with E-state index < -0.39 is 10.8 Å². The van der Waals surface area contributed by atoms with Crippen LogP contribution >= 0.6 is 11.6 Å². The molecule has 1 N–H and O–H groups in total. The minimum atomic E-state index is -0.631. The highest BCUT2D eigenvalue weighted by Crippen LogP contribution is 2.25. The number of carbonyl (C=O) groups excluding carboxylic acids is 1. The summed E-state index contributed by atoms with van der Waals surface area (Å²) in [6.45, 7) is 3.01. The number of rotatable bonds is 8. The van der Waals surface area contributed by atoms with Crippen LogP contribution in [0, 0.1) is 10.1 Å². The summed E-state index contributed by atoms with van der Waals surface area (Å²) in [5.74, 6) is 0.974. The van der Waals surface area contributed by atoms with E-state index in [2.05, 4.69) is 5.32 Å². The lowest BCUT2D eigenvalue weighted by Crippen LogP contribution is -2.28. The number of nitro groups is 1. The van der Waals surface area contributed by atoms with Crippen LogP contribution in [-0.2, 0) is 0 Å². The first kappa shape index (κ1) is 18.5. The van der Waals surface area contributed by atoms with Crippen LogP contribution in [0.5, 0.6) is 11.5 Å². The molecule has 8 heteroatoms. The molecule has 0 unspecified atom stereocenters. The number of hydrogen-bond acceptors (Lipinski definition) is 5. The van der Waals surface area contributed by atoms with Crippen LogP contribution in [0.3, 0.4) is 0 Å². The zero-order valence-corrected chi connectivity index (χ0v) is 14.3. The standard InChI is InChI=1S/C17H17ClN2O5/c1-2-24-13-4-6-14(7-5-13)25-10-9-19-17(21)12-3-8-15(18)16(11-12)20(22)23/h3-8,11H,2,9-10H2,1H3,(H,19,21). The molecule has 2 aromatic carbocycles. The summed E-state index contributed by atoms with van der Waals surface area (Å²) in [7, 11) is 0. The molecule has 0 atom stereocenters. The molecule has 2 rings (SSSR count). The Labute approximate surface area is 149 Å². The Morgan fingerprint density at radius 1 is 1.16 bits per heavy atom. The van der Waals surface area contributed by atoms with E-state index in [1.54, 1.807) is 24.3 Å². The summed E-state index contributed by atoms with van der Waals surface area (Å²) in [6.07, 6.45) is 0. The number of benzene rings is 2. The van der Waals surface area contributed by atoms with Crippen LogP contribution in [0.15, 0.2) is 42.5 Å². The van der Waals surface area contributed by atoms with Gasteiger partial charge in [-0.3, -0.25) is 14.9 Å². The van der Waals surface area contributed by atoms with Crippen molar-refractivity contribution in [2.45, 2.75) is 6.92 Å². The second kappa shape index (κ2) is 8.89. The Bertz CT molecular complexity index is 749. The fourth-order valence-electron chi connectivity index (χ4n) is 2.03. The topological polar surface area (TPSA) is 90.7 Å². The van der Waals surface area contributed by atoms with Crippen molar-refractivity contribution in [3.05, 3.63) is 63.2 Å². The monoisotopic (exact) mass is 364 g/mol. The molecule has 0 aliphatic heterocycles. The van der Waals surface area contributed by atoms with Crippen LogP contribution in [-0.4, -0.2) is 30.6 Å². The summed E-state index contributed by atoms with van der Waals surface area (Å²) in [4.78, 5) is 22.2. The van der Waals surface area contributed by atoms with Gasteiger partial charge in [-0.2, -0.15) is 0 Å². The molecule has 0 aromatic heterocycles. The lowest BCUT2D eigenvalue weighted by atomic mass is 10.2. The second-order valence-corrected chi connectivity index (χ2v) is 5.34. The Kier molecular flexibility index (Phi) is 6.59. The van der Waals surface area contributed by atoms with Crippen LogP contribution in [0.4, 0.5) is 5.69 Å². The van der Waals surface area contributed by atoms with Crippen molar-refractivity contribution in [2.75, 3.05) is 19.8 Å². The zero-order valence-electron chi connectivity index (χ0n) is 13.5. The van der Waals surface area contributed by atoms with Gasteiger partial charge in [0.25, 0.3) is 11.6 Å². The SMILES string of the molecule is CCOc1ccc(OCCNC(=O)c2ccc(Cl)c([N+](=O)[O-])c2)cc1. The Balaban J connectivity index is 1.82. The van der Waals surface area contributed by atoms with Gasteiger partial charge in [0, 0.05) is 11.6 Å². The lowest BCUT2D eigenvalue weighted by molar-refractivity contribution is -0.384. The van der Waals surface area contributed by atoms with Gasteiger partial charge < -0.3 is 14.8 Å². The van der Waals surface area contributed by atoms with E-state index in [9.17, 15) is 14.9 Å². The van der Waals surface area contributed by atoms with Crippen LogP contribution in [0.25, 0.3) is 0 Å². The van der Waals surface area contributed by atoms with E-state index in [0.29, 0.717) is 12.4 Å². The van der Waals surface area contributed by atoms with Gasteiger partial charge in [0.05, 0.1) is 18.1 Å². The molecule has 0 spiro atoms. The molecule has 25 heavy (non-hydrogen) atoms. The zero-order chi connectivity index (χ0) is 18.2. The van der Waals surface area contributed by atoms with Crippen LogP contribution < -0.4 is 14.8 Å². The summed E-state index contributed by atoms with van der Waals surface area (Å²) < 4.78 is 10.8. The molecule has 7 nitrogen and oxygen atoms in total. The van der Waals surface area contributed by atoms with Crippen LogP contribution in [0.2, 0.25) is 5.02 Å². The normalized spacial score (nSPS) is 10.2. The van der Waals surface area contributed by atoms with Gasteiger partial charge in [0.1, 0.15) is 23.1 Å². The summed E-state index contributed by atoms with van der Waals surface area (Å²) >= 11 is 5.72. The molecule has 0 heterocycles. The number of halogens is 1. The van der Waals surface area contributed by atoms with Gasteiger partial charge in [0.2, 0.25) is 0 Å². The summed E-state index contributed by atoms with van der Waals surface area (Å²) in [5, 5.41) is 13.5. The minimum Gasteiger partial charge on any atom is -0.494 e. The summed E-state index contributed by atoms with van der Waals surface area (Å²) in [5.41, 5.74) is -0.142. The van der Waals surface area contributed by atoms with Crippen molar-refractivity contribution in [3.63, 3.8) is 0 Å². The maximum Gasteiger partial charge on any atom is 0.288 e. The van der Waals surface area contributed by atoms with Crippen molar-refractivity contribution in [1.29, 1.82) is 0 Å². The molecule has 0 aliphatic rings. The number of carbonyl (C=O) groups is 1. The van der Waals surface area contributed by atoms with E-state index in [4.69, 9.17) is 21.1 Å². The Morgan fingerprint density at radius 2 is 1.80 bits per heavy atom. The fourth-order valence-corrected chi connectivity index (χ4v) is 2.21. The van der Waals surface area contributed by atoms with E-state index in [1.165, 1.54) is 12.1 Å². The lowest BCUT2D eigenvalue weighted by Gasteiger charge is -2.09. The highest BCUT2D eigenvalue weighted by molar-refractivity contribution is 6.32. The van der Waals surface area contributed by atoms with Crippen molar-refractivity contribution in [1.82, 2.24) is 5.32 Å². The molecular weight excluding hydrogens is 348 g/mol. The molecule has 2 aromatic rings. The Hall–Kier alpha value is -2.80. The third-order valence-electron chi connectivity index (χ3n) is 3.20. The molecule has 132 valence electrons. The predicted molar refractivity (Wildman–Crippen MR) is 93.5 cm³/mol. The number of ether oxygens (including phenoxy) is 2. The van der Waals surface area contributed by atoms with Gasteiger partial charge in [-0.05, 0) is 43.3 Å². The van der Waals surface area contributed by atoms with E-state index in [0.717, 1.165) is 11.8 Å². The average molecular weight is 365 g/mol. The van der Waals surface area contributed by atoms with Gasteiger partial charge in [-0.15, -0.1) is 0 Å². The van der Waals surface area contributed by atoms with Crippen molar-refractivity contribution >= 4 is 23.2 Å². The molecule has 0 fully saturated rings. The predicted octanol–water partition coefficient (Wildman–Crippen LogP) is 3.46. The third-order valence-corrected chi connectivity index (χ3v) is 3.52. The summed E-state index contributed by atoms with van der Waals surface area (Å²) in [6, 6.07) is 11.0. The molecule has 1 amide bonds. The van der Waals surface area contributed by atoms with Crippen molar-refractivity contribution in [3.8, 4) is 11.5 Å². The van der Waals surface area contributed by atoms with E-state index in [1.807, 2.05) is 6.92 Å². The molecule has 0 saturated carbocycles. The first-order valence-corrected chi connectivity index (χ1v) is 7.97. The van der Waals surface area contributed by atoms with Gasteiger partial charge in [-0.1, -0.05) is 11.6 Å². The molecule has 0 aliphatic carbocycles. The number of amides is 1. The molecule has 0 radical (unpaired) electrons. The molecule has 0 saturated heterocycles. The highest BCUT2D eigenvalue weighted by atomic mass is 35.5. The first-order chi connectivity index (χ1) is 12.0. The van der Waals surface area contributed by atoms with E-state index >= 15 is 0 Å². The van der Waals surface area contributed by atoms with Gasteiger partial charge >= 0.3 is 0 Å². The number of hydrogen-bond donors (Lipinski definition) is 1. The maximum atomic E-state index is 12.0. The second-order valence-electron chi connectivity index (χ2n) is 4.93. The number of nitro benzene ring substituents is 1. The average Bonchev–Trinajstić information content (AvgIpc) is 2.60. The Morgan fingerprint density at radius 3 is 2.40 bits per heavy atom. The first-order valence-electron chi connectivity index (χ1n) is 7.59. The number of nitrogens with zero attached hydrogens (tertiary/aromatic N) is 1. The maximum absolute atomic E-state index is 12.0. The largest absolute Gasteiger partial charge is 0.494 e. The molecular formula is C17H17ClN2O5. The highest BCUT2D eigenvalue weighted by Gasteiger charge is 2.16. The van der Waals surface area contributed by atoms with E-state index in [-0.39, 0.29) is 29.4 Å². The van der Waals surface area contributed by atoms with Crippen molar-refractivity contribution < 1.29 is 19.2 Å². The van der Waals surface area contributed by atoms with Gasteiger partial charge in [-0.25, -0.2) is 0 Å². The molecule has 0 bridgehead atoms. The fraction of sp³-hybridized carbons (Fsp3) is 0.235. The minimum absolute atomic E-state index is 0.0135. The van der Waals surface area contributed by atoms with Crippen LogP contribution in [0.1, 0.15) is 17.3 Å². The quantitative estimate of drug-likeness (QED) is 0.440. The smallest absolute Gasteiger partial charge is 0.288 e. The van der Waals surface area contributed by atoms with Gasteiger partial charge in [0.15, 0.2) is 0 Å².